The normalized spacial score (nSPS) is 14.1. The molecule has 0 atom stereocenters. The van der Waals surface area contributed by atoms with Gasteiger partial charge in [-0.2, -0.15) is 19.6 Å². The molecule has 0 unspecified atom stereocenters. The first-order valence-electron chi connectivity index (χ1n) is 33.9. The number of piperidine rings is 2. The van der Waals surface area contributed by atoms with Crippen LogP contribution >= 0.6 is 0 Å². The summed E-state index contributed by atoms with van der Waals surface area (Å²) in [7, 11) is -0.439. The van der Waals surface area contributed by atoms with Crippen LogP contribution in [-0.4, -0.2) is 103 Å². The van der Waals surface area contributed by atoms with Crippen LogP contribution < -0.4 is 27.1 Å². The molecule has 10 heterocycles. The zero-order valence-electron chi connectivity index (χ0n) is 57.9. The summed E-state index contributed by atoms with van der Waals surface area (Å²) in [6, 6.07) is 29.2. The lowest BCUT2D eigenvalue weighted by molar-refractivity contribution is -0.143. The van der Waals surface area contributed by atoms with Crippen molar-refractivity contribution in [3.8, 4) is 33.6 Å². The van der Waals surface area contributed by atoms with Gasteiger partial charge in [-0.15, -0.1) is 0 Å². The standard InChI is InChI=1S/C39H41BFN7O4.C38H38FN7O3/c1-24(49)52-23-31-30(7-6-8-34(31)48-38(50)36-27(21-44-48)17-29(19-32(36)41)39(2,3)4)28-18-33(37-42-13-16-46(37)22-28)45-35-10-9-26(20-43-35)25-11-14-47(15-12-25)40(5)51;1-23(47)49-22-30-29(6-5-7-33(30)46-37(48)35-26(20-43-46)16-28(18-31(35)39)38(2,3)4)27-17-32(36-41-14-15-45(36)21-27)44-34-9-8-25(19-42-34)24-10-12-40-13-11-24/h6-10,13,16-22,25,51H,11-12,14-15,23H2,1-5H3,(H,43,45);5-9,14-21,24,40H,10-13,22H2,1-4H3,(H,42,44). The van der Waals surface area contributed by atoms with Crippen molar-refractivity contribution in [2.45, 2.75) is 124 Å². The monoisotopic (exact) mass is 1360 g/mol. The number of ether oxygens (including phenoxy) is 2. The van der Waals surface area contributed by atoms with Gasteiger partial charge in [-0.25, -0.2) is 28.7 Å². The van der Waals surface area contributed by atoms with E-state index in [1.807, 2.05) is 124 Å². The first kappa shape index (κ1) is 68.7. The maximum absolute atomic E-state index is 15.6. The van der Waals surface area contributed by atoms with Gasteiger partial charge in [-0.1, -0.05) is 77.9 Å². The van der Waals surface area contributed by atoms with E-state index in [1.54, 1.807) is 55.6 Å². The number of pyridine rings is 4. The van der Waals surface area contributed by atoms with E-state index in [0.29, 0.717) is 90.5 Å². The van der Waals surface area contributed by atoms with E-state index in [1.165, 1.54) is 53.3 Å². The molecular weight excluding hydrogens is 1280 g/mol. The fourth-order valence-electron chi connectivity index (χ4n) is 13.4. The minimum absolute atomic E-state index is 0.0585. The molecule has 0 saturated carbocycles. The number of halogens is 2. The van der Waals surface area contributed by atoms with Crippen LogP contribution in [0.4, 0.5) is 31.8 Å². The third-order valence-electron chi connectivity index (χ3n) is 19.0. The van der Waals surface area contributed by atoms with Crippen molar-refractivity contribution in [1.82, 2.24) is 58.4 Å². The van der Waals surface area contributed by atoms with E-state index in [0.717, 1.165) is 79.7 Å². The number of nitrogens with zero attached hydrogens (tertiary/aromatic N) is 11. The highest BCUT2D eigenvalue weighted by molar-refractivity contribution is 6.45. The summed E-state index contributed by atoms with van der Waals surface area (Å²) in [5.74, 6) is -0.00541. The number of carbonyl (C=O) groups is 2. The molecule has 2 saturated heterocycles. The summed E-state index contributed by atoms with van der Waals surface area (Å²) >= 11 is 0. The van der Waals surface area contributed by atoms with E-state index in [2.05, 4.69) is 53.1 Å². The van der Waals surface area contributed by atoms with Crippen molar-refractivity contribution < 1.29 is 32.9 Å². The van der Waals surface area contributed by atoms with Crippen LogP contribution in [0.2, 0.25) is 6.82 Å². The SMILES string of the molecule is CB(O)N1CCC(c2ccc(Nc3cc(-c4cccc(-n5ncc6cc(C(C)(C)C)cc(F)c6c5=O)c4COC(C)=O)cn4ccnc34)nc2)CC1.CC(=O)OCc1c(-c2cc(Nc3ccc(C4CCNCC4)cn3)c3nccn3c2)cccc1-n1ncc2cc(C(C)(C)C)cc(F)c2c1=O. The predicted octanol–water partition coefficient (Wildman–Crippen LogP) is 13.4. The Balaban J connectivity index is 0.000000181. The minimum Gasteiger partial charge on any atom is -0.461 e. The maximum Gasteiger partial charge on any atom is 0.376 e. The molecule has 0 bridgehead atoms. The molecule has 2 fully saturated rings. The number of hydrogen-bond donors (Lipinski definition) is 4. The highest BCUT2D eigenvalue weighted by Crippen LogP contribution is 2.38. The lowest BCUT2D eigenvalue weighted by atomic mass is 9.80. The molecule has 0 amide bonds. The molecule has 2 aliphatic heterocycles. The lowest BCUT2D eigenvalue weighted by Crippen LogP contribution is -2.42. The Morgan fingerprint density at radius 1 is 0.594 bits per heavy atom. The molecule has 21 nitrogen and oxygen atoms in total. The molecule has 8 aromatic heterocycles. The highest BCUT2D eigenvalue weighted by atomic mass is 19.1. The Bertz CT molecular complexity index is 5240. The average Bonchev–Trinajstić information content (AvgIpc) is 1.26. The molecule has 4 aromatic carbocycles. The second-order valence-corrected chi connectivity index (χ2v) is 28.0. The van der Waals surface area contributed by atoms with Crippen LogP contribution in [-0.2, 0) is 43.1 Å². The van der Waals surface area contributed by atoms with Crippen molar-refractivity contribution in [2.75, 3.05) is 36.8 Å². The summed E-state index contributed by atoms with van der Waals surface area (Å²) in [5, 5.41) is 29.9. The van der Waals surface area contributed by atoms with Gasteiger partial charge in [0.25, 0.3) is 11.1 Å². The summed E-state index contributed by atoms with van der Waals surface area (Å²) in [4.78, 5) is 72.6. The number of anilines is 4. The van der Waals surface area contributed by atoms with Crippen LogP contribution in [0, 0.1) is 11.6 Å². The van der Waals surface area contributed by atoms with E-state index >= 15 is 8.78 Å². The Morgan fingerprint density at radius 2 is 1.03 bits per heavy atom. The highest BCUT2D eigenvalue weighted by Gasteiger charge is 2.28. The number of benzene rings is 4. The third-order valence-corrected chi connectivity index (χ3v) is 19.0. The van der Waals surface area contributed by atoms with Crippen LogP contribution in [0.3, 0.4) is 0 Å². The van der Waals surface area contributed by atoms with Gasteiger partial charge in [0.1, 0.15) is 36.5 Å². The largest absolute Gasteiger partial charge is 0.461 e. The molecule has 0 aliphatic carbocycles. The van der Waals surface area contributed by atoms with Crippen LogP contribution in [0.1, 0.15) is 126 Å². The number of aromatic nitrogens is 10. The lowest BCUT2D eigenvalue weighted by Gasteiger charge is -2.32. The Kier molecular flexibility index (Phi) is 19.3. The molecule has 4 N–H and O–H groups in total. The van der Waals surface area contributed by atoms with Crippen molar-refractivity contribution in [3.63, 3.8) is 0 Å². The summed E-state index contributed by atoms with van der Waals surface area (Å²) < 4.78 is 48.3. The van der Waals surface area contributed by atoms with Gasteiger partial charge in [0, 0.05) is 96.4 Å². The van der Waals surface area contributed by atoms with Crippen molar-refractivity contribution in [3.05, 3.63) is 225 Å². The van der Waals surface area contributed by atoms with E-state index in [-0.39, 0.29) is 34.8 Å². The van der Waals surface area contributed by atoms with Gasteiger partial charge < -0.3 is 44.1 Å². The molecule has 101 heavy (non-hydrogen) atoms. The molecule has 516 valence electrons. The topological polar surface area (TPSA) is 242 Å². The van der Waals surface area contributed by atoms with E-state index < -0.39 is 41.7 Å². The number of fused-ring (bicyclic) bond motifs is 4. The molecule has 12 aromatic rings. The fourth-order valence-corrected chi connectivity index (χ4v) is 13.4. The van der Waals surface area contributed by atoms with E-state index in [4.69, 9.17) is 19.4 Å². The fraction of sp³-hybridized carbons (Fsp3) is 0.299. The average molecular weight is 1360 g/mol. The Labute approximate surface area is 582 Å². The van der Waals surface area contributed by atoms with Crippen LogP contribution in [0.25, 0.3) is 66.5 Å². The zero-order chi connectivity index (χ0) is 71.0. The maximum atomic E-state index is 15.6. The van der Waals surface area contributed by atoms with Gasteiger partial charge >= 0.3 is 19.0 Å². The number of nitrogens with one attached hydrogen (secondary N) is 3. The molecule has 0 radical (unpaired) electrons. The van der Waals surface area contributed by atoms with Crippen LogP contribution in [0.5, 0.6) is 0 Å². The van der Waals surface area contributed by atoms with E-state index in [9.17, 15) is 24.2 Å². The number of carbonyl (C=O) groups excluding carboxylic acids is 2. The number of esters is 2. The Hall–Kier alpha value is -10.8. The summed E-state index contributed by atoms with van der Waals surface area (Å²) in [5.41, 5.74) is 9.51. The number of rotatable bonds is 15. The Morgan fingerprint density at radius 3 is 1.43 bits per heavy atom. The first-order valence-corrected chi connectivity index (χ1v) is 33.9. The number of hydrogen-bond acceptors (Lipinski definition) is 17. The minimum atomic E-state index is -0.620. The third kappa shape index (κ3) is 14.6. The quantitative estimate of drug-likeness (QED) is 0.0551. The van der Waals surface area contributed by atoms with Gasteiger partial charge in [0.05, 0.1) is 45.9 Å². The smallest absolute Gasteiger partial charge is 0.376 e. The molecule has 2 aliphatic rings. The second kappa shape index (κ2) is 28.4. The van der Waals surface area contributed by atoms with Crippen molar-refractivity contribution >= 4 is 74.8 Å². The van der Waals surface area contributed by atoms with Gasteiger partial charge in [0.2, 0.25) is 0 Å². The molecule has 24 heteroatoms. The summed E-state index contributed by atoms with van der Waals surface area (Å²) in [6.07, 6.45) is 21.9. The zero-order valence-corrected chi connectivity index (χ0v) is 57.9. The molecule has 14 rings (SSSR count). The van der Waals surface area contributed by atoms with Crippen molar-refractivity contribution in [2.24, 2.45) is 0 Å². The van der Waals surface area contributed by atoms with Gasteiger partial charge in [-0.05, 0) is 175 Å². The second-order valence-electron chi connectivity index (χ2n) is 28.0. The molecule has 0 spiro atoms. The van der Waals surface area contributed by atoms with Gasteiger partial charge in [-0.3, -0.25) is 19.2 Å². The molecular formula is C77H79BF2N14O7. The number of imidazole rings is 2. The van der Waals surface area contributed by atoms with Crippen molar-refractivity contribution in [1.29, 1.82) is 0 Å². The van der Waals surface area contributed by atoms with Crippen LogP contribution in [0.15, 0.2) is 169 Å². The predicted molar refractivity (Wildman–Crippen MR) is 389 cm³/mol. The first-order chi connectivity index (χ1) is 48.4. The van der Waals surface area contributed by atoms with Gasteiger partial charge in [0.15, 0.2) is 11.3 Å². The summed E-state index contributed by atoms with van der Waals surface area (Å²) in [6.45, 7) is 19.8.